The maximum atomic E-state index is 11.5. The van der Waals surface area contributed by atoms with E-state index < -0.39 is 7.82 Å². The molecule has 0 rings (SSSR count). The molecule has 1 N–H and O–H groups in total. The van der Waals surface area contributed by atoms with Crippen LogP contribution in [0.5, 0.6) is 0 Å². The predicted octanol–water partition coefficient (Wildman–Crippen LogP) is 1.57. The SMILES string of the molecule is CCCOP(=O)(OC)OCCCO. The third-order valence-electron chi connectivity index (χ3n) is 1.23. The smallest absolute Gasteiger partial charge is 0.396 e. The maximum absolute atomic E-state index is 11.5. The highest BCUT2D eigenvalue weighted by atomic mass is 31.2. The molecule has 5 nitrogen and oxygen atoms in total. The molecule has 0 aliphatic heterocycles. The van der Waals surface area contributed by atoms with Gasteiger partial charge in [0.1, 0.15) is 0 Å². The van der Waals surface area contributed by atoms with Gasteiger partial charge in [0.15, 0.2) is 0 Å². The maximum Gasteiger partial charge on any atom is 0.474 e. The lowest BCUT2D eigenvalue weighted by Crippen LogP contribution is -2.01. The van der Waals surface area contributed by atoms with Crippen LogP contribution >= 0.6 is 7.82 Å². The Morgan fingerprint density at radius 2 is 1.92 bits per heavy atom. The van der Waals surface area contributed by atoms with Crippen LogP contribution in [0, 0.1) is 0 Å². The van der Waals surface area contributed by atoms with Crippen LogP contribution in [0.3, 0.4) is 0 Å². The molecule has 1 unspecified atom stereocenters. The van der Waals surface area contributed by atoms with Gasteiger partial charge in [-0.05, 0) is 12.8 Å². The van der Waals surface area contributed by atoms with E-state index in [0.29, 0.717) is 13.0 Å². The Hall–Kier alpha value is 0.0700. The van der Waals surface area contributed by atoms with Crippen molar-refractivity contribution in [1.82, 2.24) is 0 Å². The molecule has 0 amide bonds. The van der Waals surface area contributed by atoms with Gasteiger partial charge in [-0.15, -0.1) is 0 Å². The van der Waals surface area contributed by atoms with E-state index in [2.05, 4.69) is 4.52 Å². The molecule has 0 aromatic rings. The Morgan fingerprint density at radius 3 is 2.38 bits per heavy atom. The summed E-state index contributed by atoms with van der Waals surface area (Å²) in [6.45, 7) is 2.40. The van der Waals surface area contributed by atoms with E-state index in [0.717, 1.165) is 6.42 Å². The molecule has 80 valence electrons. The molecule has 1 atom stereocenters. The molecule has 0 fully saturated rings. The van der Waals surface area contributed by atoms with Crippen molar-refractivity contribution in [3.63, 3.8) is 0 Å². The molecule has 13 heavy (non-hydrogen) atoms. The number of hydrogen-bond donors (Lipinski definition) is 1. The van der Waals surface area contributed by atoms with Crippen molar-refractivity contribution < 1.29 is 23.2 Å². The fourth-order valence-electron chi connectivity index (χ4n) is 0.587. The van der Waals surface area contributed by atoms with Gasteiger partial charge < -0.3 is 5.11 Å². The molecule has 0 heterocycles. The number of rotatable bonds is 8. The number of phosphoric acid groups is 1. The van der Waals surface area contributed by atoms with E-state index in [1.165, 1.54) is 7.11 Å². The summed E-state index contributed by atoms with van der Waals surface area (Å²) in [6, 6.07) is 0. The van der Waals surface area contributed by atoms with Crippen molar-refractivity contribution in [1.29, 1.82) is 0 Å². The van der Waals surface area contributed by atoms with E-state index in [-0.39, 0.29) is 13.2 Å². The molecule has 0 radical (unpaired) electrons. The topological polar surface area (TPSA) is 65.0 Å². The number of aliphatic hydroxyl groups excluding tert-OH is 1. The molecule has 0 aromatic carbocycles. The highest BCUT2D eigenvalue weighted by Gasteiger charge is 2.23. The van der Waals surface area contributed by atoms with E-state index in [4.69, 9.17) is 14.2 Å². The molecule has 0 aliphatic rings. The van der Waals surface area contributed by atoms with Crippen molar-refractivity contribution in [3.8, 4) is 0 Å². The summed E-state index contributed by atoms with van der Waals surface area (Å²) >= 11 is 0. The van der Waals surface area contributed by atoms with Gasteiger partial charge in [0, 0.05) is 13.7 Å². The molecule has 0 saturated heterocycles. The molecule has 0 aliphatic carbocycles. The number of hydrogen-bond acceptors (Lipinski definition) is 5. The second-order valence-corrected chi connectivity index (χ2v) is 4.15. The van der Waals surface area contributed by atoms with Crippen LogP contribution in [0.4, 0.5) is 0 Å². The largest absolute Gasteiger partial charge is 0.474 e. The molecule has 0 spiro atoms. The first kappa shape index (κ1) is 13.1. The van der Waals surface area contributed by atoms with Gasteiger partial charge in [0.2, 0.25) is 0 Å². The number of phosphoric ester groups is 1. The van der Waals surface area contributed by atoms with E-state index in [1.54, 1.807) is 0 Å². The second kappa shape index (κ2) is 7.47. The fourth-order valence-corrected chi connectivity index (χ4v) is 1.63. The van der Waals surface area contributed by atoms with Crippen molar-refractivity contribution in [2.75, 3.05) is 26.9 Å². The third-order valence-corrected chi connectivity index (χ3v) is 2.67. The molecular weight excluding hydrogens is 195 g/mol. The lowest BCUT2D eigenvalue weighted by atomic mass is 10.5. The molecular formula is C7H17O5P. The summed E-state index contributed by atoms with van der Waals surface area (Å²) in [7, 11) is -2.08. The van der Waals surface area contributed by atoms with Crippen LogP contribution in [0.1, 0.15) is 19.8 Å². The van der Waals surface area contributed by atoms with Gasteiger partial charge >= 0.3 is 7.82 Å². The van der Waals surface area contributed by atoms with Crippen LogP contribution in [0.2, 0.25) is 0 Å². The molecule has 0 bridgehead atoms. The zero-order valence-corrected chi connectivity index (χ0v) is 8.96. The summed E-state index contributed by atoms with van der Waals surface area (Å²) in [5.41, 5.74) is 0. The minimum Gasteiger partial charge on any atom is -0.396 e. The Morgan fingerprint density at radius 1 is 1.31 bits per heavy atom. The van der Waals surface area contributed by atoms with Crippen LogP contribution in [-0.2, 0) is 18.1 Å². The van der Waals surface area contributed by atoms with Crippen LogP contribution in [-0.4, -0.2) is 32.0 Å². The third kappa shape index (κ3) is 6.18. The summed E-state index contributed by atoms with van der Waals surface area (Å²) in [5.74, 6) is 0. The van der Waals surface area contributed by atoms with Gasteiger partial charge in [0.05, 0.1) is 13.2 Å². The summed E-state index contributed by atoms with van der Waals surface area (Å²) in [4.78, 5) is 0. The van der Waals surface area contributed by atoms with Gasteiger partial charge in [0.25, 0.3) is 0 Å². The average molecular weight is 212 g/mol. The first-order chi connectivity index (χ1) is 6.18. The lowest BCUT2D eigenvalue weighted by Gasteiger charge is -2.14. The number of aliphatic hydroxyl groups is 1. The van der Waals surface area contributed by atoms with Crippen molar-refractivity contribution in [2.24, 2.45) is 0 Å². The van der Waals surface area contributed by atoms with E-state index >= 15 is 0 Å². The van der Waals surface area contributed by atoms with E-state index in [9.17, 15) is 4.57 Å². The zero-order valence-electron chi connectivity index (χ0n) is 8.06. The minimum atomic E-state index is -3.36. The van der Waals surface area contributed by atoms with Crippen molar-refractivity contribution in [3.05, 3.63) is 0 Å². The Bertz CT molecular complexity index is 161. The quantitative estimate of drug-likeness (QED) is 0.488. The lowest BCUT2D eigenvalue weighted by molar-refractivity contribution is 0.123. The molecule has 6 heteroatoms. The Balaban J connectivity index is 3.75. The van der Waals surface area contributed by atoms with Gasteiger partial charge in [-0.3, -0.25) is 13.6 Å². The minimum absolute atomic E-state index is 0.00249. The van der Waals surface area contributed by atoms with Crippen molar-refractivity contribution >= 4 is 7.82 Å². The average Bonchev–Trinajstić information content (AvgIpc) is 2.15. The molecule has 0 aromatic heterocycles. The summed E-state index contributed by atoms with van der Waals surface area (Å²) in [6.07, 6.45) is 1.17. The van der Waals surface area contributed by atoms with Gasteiger partial charge in [-0.2, -0.15) is 0 Å². The Kier molecular flexibility index (Phi) is 7.51. The van der Waals surface area contributed by atoms with E-state index in [1.807, 2.05) is 6.92 Å². The summed E-state index contributed by atoms with van der Waals surface area (Å²) < 4.78 is 25.9. The zero-order chi connectivity index (χ0) is 10.2. The normalized spacial score (nSPS) is 15.6. The molecule has 0 saturated carbocycles. The first-order valence-electron chi connectivity index (χ1n) is 4.24. The highest BCUT2D eigenvalue weighted by Crippen LogP contribution is 2.48. The first-order valence-corrected chi connectivity index (χ1v) is 5.70. The van der Waals surface area contributed by atoms with Crippen LogP contribution in [0.15, 0.2) is 0 Å². The van der Waals surface area contributed by atoms with Crippen LogP contribution < -0.4 is 0 Å². The summed E-state index contributed by atoms with van der Waals surface area (Å²) in [5, 5.41) is 8.46. The predicted molar refractivity (Wildman–Crippen MR) is 48.5 cm³/mol. The highest BCUT2D eigenvalue weighted by molar-refractivity contribution is 7.48. The van der Waals surface area contributed by atoms with Crippen LogP contribution in [0.25, 0.3) is 0 Å². The van der Waals surface area contributed by atoms with Gasteiger partial charge in [-0.1, -0.05) is 6.92 Å². The second-order valence-electron chi connectivity index (χ2n) is 2.37. The fraction of sp³-hybridized carbons (Fsp3) is 1.00. The van der Waals surface area contributed by atoms with Gasteiger partial charge in [-0.25, -0.2) is 4.57 Å². The Labute approximate surface area is 78.6 Å². The standard InChI is InChI=1S/C7H17O5P/c1-3-6-11-13(9,10-2)12-7-4-5-8/h8H,3-7H2,1-2H3. The monoisotopic (exact) mass is 212 g/mol. The van der Waals surface area contributed by atoms with Crippen molar-refractivity contribution in [2.45, 2.75) is 19.8 Å².